The third-order valence-electron chi connectivity index (χ3n) is 2.13. The molecular weight excluding hydrogens is 218 g/mol. The quantitative estimate of drug-likeness (QED) is 0.740. The van der Waals surface area contributed by atoms with Crippen LogP contribution in [-0.4, -0.2) is 23.8 Å². The van der Waals surface area contributed by atoms with Gasteiger partial charge >= 0.3 is 6.09 Å². The summed E-state index contributed by atoms with van der Waals surface area (Å²) in [4.78, 5) is 11.3. The largest absolute Gasteiger partial charge is 0.445 e. The predicted octanol–water partition coefficient (Wildman–Crippen LogP) is 1.85. The van der Waals surface area contributed by atoms with Gasteiger partial charge in [0, 0.05) is 6.54 Å². The summed E-state index contributed by atoms with van der Waals surface area (Å²) in [5.74, 6) is 0. The topological polar surface area (TPSA) is 58.6 Å². The summed E-state index contributed by atoms with van der Waals surface area (Å²) in [5.41, 5.74) is 0.925. The minimum atomic E-state index is -0.614. The minimum absolute atomic E-state index is 0.166. The summed E-state index contributed by atoms with van der Waals surface area (Å²) in [7, 11) is 0. The van der Waals surface area contributed by atoms with Gasteiger partial charge in [-0.15, -0.1) is 6.58 Å². The zero-order chi connectivity index (χ0) is 12.5. The van der Waals surface area contributed by atoms with Gasteiger partial charge in [-0.05, 0) is 12.0 Å². The number of amides is 1. The molecule has 4 heteroatoms. The van der Waals surface area contributed by atoms with Gasteiger partial charge in [0.1, 0.15) is 6.61 Å². The van der Waals surface area contributed by atoms with Crippen LogP contribution < -0.4 is 5.32 Å². The van der Waals surface area contributed by atoms with Gasteiger partial charge in [-0.2, -0.15) is 0 Å². The second-order valence-electron chi connectivity index (χ2n) is 3.62. The van der Waals surface area contributed by atoms with E-state index in [1.165, 1.54) is 0 Å². The first-order valence-corrected chi connectivity index (χ1v) is 5.46. The van der Waals surface area contributed by atoms with Crippen LogP contribution >= 0.6 is 0 Å². The normalized spacial score (nSPS) is 11.6. The van der Waals surface area contributed by atoms with E-state index in [4.69, 9.17) is 4.74 Å². The van der Waals surface area contributed by atoms with Crippen molar-refractivity contribution in [1.29, 1.82) is 0 Å². The maximum atomic E-state index is 11.3. The van der Waals surface area contributed by atoms with E-state index < -0.39 is 12.2 Å². The first-order valence-electron chi connectivity index (χ1n) is 5.46. The smallest absolute Gasteiger partial charge is 0.407 e. The molecule has 0 fully saturated rings. The minimum Gasteiger partial charge on any atom is -0.445 e. The molecule has 0 aromatic heterocycles. The van der Waals surface area contributed by atoms with Crippen molar-refractivity contribution in [3.63, 3.8) is 0 Å². The molecular formula is C13H17NO3. The van der Waals surface area contributed by atoms with E-state index >= 15 is 0 Å². The van der Waals surface area contributed by atoms with Gasteiger partial charge in [-0.1, -0.05) is 36.4 Å². The summed E-state index contributed by atoms with van der Waals surface area (Å²) < 4.78 is 4.97. The highest BCUT2D eigenvalue weighted by Crippen LogP contribution is 2.00. The van der Waals surface area contributed by atoms with E-state index in [0.29, 0.717) is 6.42 Å². The molecule has 1 amide bonds. The summed E-state index contributed by atoms with van der Waals surface area (Å²) >= 11 is 0. The molecule has 0 saturated heterocycles. The summed E-state index contributed by atoms with van der Waals surface area (Å²) in [6.45, 7) is 3.89. The van der Waals surface area contributed by atoms with Gasteiger partial charge in [0.2, 0.25) is 0 Å². The average Bonchev–Trinajstić information content (AvgIpc) is 2.35. The van der Waals surface area contributed by atoms with Crippen molar-refractivity contribution in [3.05, 3.63) is 48.6 Å². The van der Waals surface area contributed by atoms with Crippen molar-refractivity contribution >= 4 is 6.09 Å². The lowest BCUT2D eigenvalue weighted by Crippen LogP contribution is -2.32. The zero-order valence-corrected chi connectivity index (χ0v) is 9.63. The van der Waals surface area contributed by atoms with Gasteiger partial charge in [0.05, 0.1) is 6.10 Å². The van der Waals surface area contributed by atoms with Crippen molar-refractivity contribution in [2.75, 3.05) is 6.54 Å². The number of benzene rings is 1. The molecule has 0 aliphatic heterocycles. The van der Waals surface area contributed by atoms with Crippen LogP contribution in [0, 0.1) is 0 Å². The second-order valence-corrected chi connectivity index (χ2v) is 3.62. The van der Waals surface area contributed by atoms with E-state index in [2.05, 4.69) is 11.9 Å². The number of carbonyl (C=O) groups is 1. The molecule has 17 heavy (non-hydrogen) atoms. The molecule has 0 aliphatic carbocycles. The van der Waals surface area contributed by atoms with Crippen molar-refractivity contribution < 1.29 is 14.6 Å². The molecule has 4 nitrogen and oxygen atoms in total. The fraction of sp³-hybridized carbons (Fsp3) is 0.308. The van der Waals surface area contributed by atoms with E-state index in [1.54, 1.807) is 6.08 Å². The summed E-state index contributed by atoms with van der Waals surface area (Å²) in [5, 5.41) is 11.8. The number of aliphatic hydroxyl groups is 1. The van der Waals surface area contributed by atoms with Crippen LogP contribution in [0.5, 0.6) is 0 Å². The standard InChI is InChI=1S/C13H17NO3/c1-2-6-12(15)9-14-13(16)17-10-11-7-4-3-5-8-11/h2-5,7-8,12,15H,1,6,9-10H2,(H,14,16)/t12-/m0/s1. The molecule has 1 aromatic rings. The molecule has 2 N–H and O–H groups in total. The summed E-state index contributed by atoms with van der Waals surface area (Å²) in [6, 6.07) is 9.41. The van der Waals surface area contributed by atoms with E-state index in [-0.39, 0.29) is 13.2 Å². The van der Waals surface area contributed by atoms with Gasteiger partial charge in [-0.3, -0.25) is 0 Å². The molecule has 0 spiro atoms. The average molecular weight is 235 g/mol. The highest BCUT2D eigenvalue weighted by Gasteiger charge is 2.06. The third-order valence-corrected chi connectivity index (χ3v) is 2.13. The molecule has 1 rings (SSSR count). The Morgan fingerprint density at radius 2 is 2.18 bits per heavy atom. The fourth-order valence-electron chi connectivity index (χ4n) is 1.25. The second kappa shape index (κ2) is 7.46. The number of ether oxygens (including phenoxy) is 1. The first-order chi connectivity index (χ1) is 8.22. The summed E-state index contributed by atoms with van der Waals surface area (Å²) in [6.07, 6.45) is 0.898. The molecule has 0 unspecified atom stereocenters. The number of alkyl carbamates (subject to hydrolysis) is 1. The number of rotatable bonds is 6. The lowest BCUT2D eigenvalue weighted by molar-refractivity contribution is 0.126. The first kappa shape index (κ1) is 13.3. The fourth-order valence-corrected chi connectivity index (χ4v) is 1.25. The molecule has 0 radical (unpaired) electrons. The molecule has 0 bridgehead atoms. The van der Waals surface area contributed by atoms with Crippen LogP contribution in [0.3, 0.4) is 0 Å². The van der Waals surface area contributed by atoms with Crippen LogP contribution in [0.1, 0.15) is 12.0 Å². The SMILES string of the molecule is C=CC[C@H](O)CNC(=O)OCc1ccccc1. The Labute approximate surface area is 101 Å². The number of nitrogens with one attached hydrogen (secondary N) is 1. The monoisotopic (exact) mass is 235 g/mol. The number of hydrogen-bond acceptors (Lipinski definition) is 3. The maximum Gasteiger partial charge on any atom is 0.407 e. The highest BCUT2D eigenvalue weighted by molar-refractivity contribution is 5.67. The van der Waals surface area contributed by atoms with Crippen LogP contribution in [-0.2, 0) is 11.3 Å². The predicted molar refractivity (Wildman–Crippen MR) is 65.5 cm³/mol. The Morgan fingerprint density at radius 1 is 1.47 bits per heavy atom. The van der Waals surface area contributed by atoms with Crippen LogP contribution in [0.4, 0.5) is 4.79 Å². The van der Waals surface area contributed by atoms with Crippen molar-refractivity contribution in [3.8, 4) is 0 Å². The Bertz CT molecular complexity index is 351. The number of hydrogen-bond donors (Lipinski definition) is 2. The van der Waals surface area contributed by atoms with E-state index in [1.807, 2.05) is 30.3 Å². The lowest BCUT2D eigenvalue weighted by Gasteiger charge is -2.10. The number of carbonyl (C=O) groups excluding carboxylic acids is 1. The lowest BCUT2D eigenvalue weighted by atomic mass is 10.2. The Kier molecular flexibility index (Phi) is 5.82. The van der Waals surface area contributed by atoms with E-state index in [9.17, 15) is 9.90 Å². The zero-order valence-electron chi connectivity index (χ0n) is 9.63. The van der Waals surface area contributed by atoms with Crippen molar-refractivity contribution in [2.45, 2.75) is 19.1 Å². The van der Waals surface area contributed by atoms with Gasteiger partial charge in [-0.25, -0.2) is 4.79 Å². The van der Waals surface area contributed by atoms with Crippen molar-refractivity contribution in [1.82, 2.24) is 5.32 Å². The molecule has 1 aromatic carbocycles. The van der Waals surface area contributed by atoms with Gasteiger partial charge in [0.25, 0.3) is 0 Å². The Balaban J connectivity index is 2.19. The van der Waals surface area contributed by atoms with Crippen LogP contribution in [0.15, 0.2) is 43.0 Å². The van der Waals surface area contributed by atoms with E-state index in [0.717, 1.165) is 5.56 Å². The van der Waals surface area contributed by atoms with Gasteiger partial charge < -0.3 is 15.2 Å². The van der Waals surface area contributed by atoms with Gasteiger partial charge in [0.15, 0.2) is 0 Å². The van der Waals surface area contributed by atoms with Crippen LogP contribution in [0.2, 0.25) is 0 Å². The molecule has 92 valence electrons. The Hall–Kier alpha value is -1.81. The molecule has 1 atom stereocenters. The van der Waals surface area contributed by atoms with Crippen molar-refractivity contribution in [2.24, 2.45) is 0 Å². The highest BCUT2D eigenvalue weighted by atomic mass is 16.5. The maximum absolute atomic E-state index is 11.3. The molecule has 0 heterocycles. The van der Waals surface area contributed by atoms with Crippen LogP contribution in [0.25, 0.3) is 0 Å². The Morgan fingerprint density at radius 3 is 2.82 bits per heavy atom. The molecule has 0 aliphatic rings. The molecule has 0 saturated carbocycles. The number of aliphatic hydroxyl groups excluding tert-OH is 1. The third kappa shape index (κ3) is 5.73.